The molecule has 0 aliphatic carbocycles. The van der Waals surface area contributed by atoms with E-state index in [0.717, 1.165) is 18.5 Å². The van der Waals surface area contributed by atoms with Crippen LogP contribution in [0, 0.1) is 0 Å². The van der Waals surface area contributed by atoms with Crippen molar-refractivity contribution in [1.29, 1.82) is 0 Å². The lowest BCUT2D eigenvalue weighted by Crippen LogP contribution is -2.40. The molecular formula is C13H16N2O. The van der Waals surface area contributed by atoms with Crippen molar-refractivity contribution in [3.05, 3.63) is 48.0 Å². The van der Waals surface area contributed by atoms with Crippen LogP contribution in [0.15, 0.2) is 42.5 Å². The molecule has 0 unspecified atom stereocenters. The molecule has 0 saturated carbocycles. The van der Waals surface area contributed by atoms with Gasteiger partial charge in [-0.25, -0.2) is 0 Å². The minimum Gasteiger partial charge on any atom is -0.337 e. The molecule has 16 heavy (non-hydrogen) atoms. The summed E-state index contributed by atoms with van der Waals surface area (Å²) in [5.74, 6) is 0.00977. The van der Waals surface area contributed by atoms with E-state index in [4.69, 9.17) is 5.73 Å². The maximum atomic E-state index is 12.1. The Balaban J connectivity index is 2.07. The van der Waals surface area contributed by atoms with Gasteiger partial charge in [0.15, 0.2) is 0 Å². The number of hydrogen-bond acceptors (Lipinski definition) is 2. The Morgan fingerprint density at radius 3 is 2.62 bits per heavy atom. The van der Waals surface area contributed by atoms with Gasteiger partial charge >= 0.3 is 0 Å². The molecule has 1 aliphatic heterocycles. The van der Waals surface area contributed by atoms with Crippen LogP contribution in [0.4, 0.5) is 0 Å². The third-order valence-corrected chi connectivity index (χ3v) is 2.79. The summed E-state index contributed by atoms with van der Waals surface area (Å²) < 4.78 is 0. The van der Waals surface area contributed by atoms with Gasteiger partial charge in [-0.05, 0) is 12.0 Å². The topological polar surface area (TPSA) is 46.3 Å². The maximum Gasteiger partial charge on any atom is 0.244 e. The molecule has 2 rings (SSSR count). The summed E-state index contributed by atoms with van der Waals surface area (Å²) in [4.78, 5) is 13.9. The van der Waals surface area contributed by atoms with E-state index in [1.807, 2.05) is 36.4 Å². The second-order valence-corrected chi connectivity index (χ2v) is 3.93. The number of rotatable bonds is 2. The lowest BCUT2D eigenvalue weighted by atomic mass is 10.1. The minimum absolute atomic E-state index is 0.00977. The molecule has 1 atom stereocenters. The fourth-order valence-electron chi connectivity index (χ4n) is 1.84. The molecule has 1 aromatic carbocycles. The molecule has 3 heteroatoms. The highest BCUT2D eigenvalue weighted by Crippen LogP contribution is 2.14. The van der Waals surface area contributed by atoms with Gasteiger partial charge in [-0.1, -0.05) is 42.5 Å². The lowest BCUT2D eigenvalue weighted by Gasteiger charge is -2.26. The third kappa shape index (κ3) is 2.31. The summed E-state index contributed by atoms with van der Waals surface area (Å²) >= 11 is 0. The lowest BCUT2D eigenvalue weighted by molar-refractivity contribution is -0.132. The van der Waals surface area contributed by atoms with Crippen molar-refractivity contribution in [1.82, 2.24) is 4.90 Å². The number of nitrogens with zero attached hydrogens (tertiary/aromatic N) is 1. The van der Waals surface area contributed by atoms with Gasteiger partial charge in [0, 0.05) is 13.1 Å². The normalized spacial score (nSPS) is 17.2. The molecular weight excluding hydrogens is 200 g/mol. The van der Waals surface area contributed by atoms with E-state index in [-0.39, 0.29) is 5.91 Å². The second-order valence-electron chi connectivity index (χ2n) is 3.93. The highest BCUT2D eigenvalue weighted by Gasteiger charge is 2.21. The van der Waals surface area contributed by atoms with Crippen LogP contribution in [0.3, 0.4) is 0 Å². The van der Waals surface area contributed by atoms with Crippen LogP contribution in [0.1, 0.15) is 18.0 Å². The molecule has 2 N–H and O–H groups in total. The quantitative estimate of drug-likeness (QED) is 0.761. The minimum atomic E-state index is -0.535. The van der Waals surface area contributed by atoms with Gasteiger partial charge in [-0.15, -0.1) is 0 Å². The summed E-state index contributed by atoms with van der Waals surface area (Å²) in [6, 6.07) is 8.97. The Labute approximate surface area is 95.6 Å². The smallest absolute Gasteiger partial charge is 0.244 e. The van der Waals surface area contributed by atoms with Crippen molar-refractivity contribution >= 4 is 5.91 Å². The van der Waals surface area contributed by atoms with Crippen LogP contribution in [0.25, 0.3) is 0 Å². The average molecular weight is 216 g/mol. The van der Waals surface area contributed by atoms with E-state index in [0.29, 0.717) is 6.54 Å². The summed E-state index contributed by atoms with van der Waals surface area (Å²) in [6.45, 7) is 1.45. The fraction of sp³-hybridized carbons (Fsp3) is 0.308. The zero-order valence-electron chi connectivity index (χ0n) is 9.17. The van der Waals surface area contributed by atoms with Crippen LogP contribution in [-0.2, 0) is 4.79 Å². The van der Waals surface area contributed by atoms with Gasteiger partial charge in [-0.2, -0.15) is 0 Å². The van der Waals surface area contributed by atoms with E-state index in [2.05, 4.69) is 6.08 Å². The monoisotopic (exact) mass is 216 g/mol. The highest BCUT2D eigenvalue weighted by molar-refractivity contribution is 5.83. The number of amides is 1. The summed E-state index contributed by atoms with van der Waals surface area (Å²) in [5, 5.41) is 0. The Hall–Kier alpha value is -1.61. The molecule has 1 heterocycles. The second kappa shape index (κ2) is 4.94. The molecule has 0 saturated heterocycles. The molecule has 3 nitrogen and oxygen atoms in total. The molecule has 0 spiro atoms. The van der Waals surface area contributed by atoms with Gasteiger partial charge in [0.1, 0.15) is 6.04 Å². The van der Waals surface area contributed by atoms with Crippen molar-refractivity contribution < 1.29 is 4.79 Å². The summed E-state index contributed by atoms with van der Waals surface area (Å²) in [7, 11) is 0. The fourth-order valence-corrected chi connectivity index (χ4v) is 1.84. The van der Waals surface area contributed by atoms with E-state index in [1.165, 1.54) is 0 Å². The first-order valence-electron chi connectivity index (χ1n) is 5.53. The first-order valence-corrected chi connectivity index (χ1v) is 5.53. The summed E-state index contributed by atoms with van der Waals surface area (Å²) in [5.41, 5.74) is 6.83. The Morgan fingerprint density at radius 2 is 2.00 bits per heavy atom. The standard InChI is InChI=1S/C13H16N2O/c14-12(11-7-3-1-4-8-11)13(16)15-9-5-2-6-10-15/h1-5,7-8,12H,6,9-10,14H2/t12-/m1/s1. The Kier molecular flexibility index (Phi) is 3.37. The number of carbonyl (C=O) groups excluding carboxylic acids is 1. The van der Waals surface area contributed by atoms with Crippen molar-refractivity contribution in [2.45, 2.75) is 12.5 Å². The van der Waals surface area contributed by atoms with Crippen LogP contribution >= 0.6 is 0 Å². The summed E-state index contributed by atoms with van der Waals surface area (Å²) in [6.07, 6.45) is 5.03. The largest absolute Gasteiger partial charge is 0.337 e. The SMILES string of the molecule is N[C@@H](C(=O)N1CC=CCC1)c1ccccc1. The molecule has 0 fully saturated rings. The van der Waals surface area contributed by atoms with Crippen LogP contribution in [0.5, 0.6) is 0 Å². The maximum absolute atomic E-state index is 12.1. The number of hydrogen-bond donors (Lipinski definition) is 1. The molecule has 1 amide bonds. The molecule has 0 aromatic heterocycles. The van der Waals surface area contributed by atoms with Gasteiger partial charge < -0.3 is 10.6 Å². The first-order chi connectivity index (χ1) is 7.79. The van der Waals surface area contributed by atoms with E-state index < -0.39 is 6.04 Å². The number of carbonyl (C=O) groups is 1. The molecule has 84 valence electrons. The molecule has 0 bridgehead atoms. The van der Waals surface area contributed by atoms with Crippen molar-refractivity contribution in [2.24, 2.45) is 5.73 Å². The Bertz CT molecular complexity index is 386. The zero-order valence-corrected chi connectivity index (χ0v) is 9.17. The zero-order chi connectivity index (χ0) is 11.4. The Morgan fingerprint density at radius 1 is 1.25 bits per heavy atom. The van der Waals surface area contributed by atoms with Crippen molar-refractivity contribution in [2.75, 3.05) is 13.1 Å². The van der Waals surface area contributed by atoms with Crippen molar-refractivity contribution in [3.8, 4) is 0 Å². The van der Waals surface area contributed by atoms with E-state index >= 15 is 0 Å². The van der Waals surface area contributed by atoms with Crippen LogP contribution < -0.4 is 5.73 Å². The van der Waals surface area contributed by atoms with Gasteiger partial charge in [0.25, 0.3) is 0 Å². The van der Waals surface area contributed by atoms with Crippen LogP contribution in [-0.4, -0.2) is 23.9 Å². The predicted molar refractivity (Wildman–Crippen MR) is 63.7 cm³/mol. The van der Waals surface area contributed by atoms with Gasteiger partial charge in [0.05, 0.1) is 0 Å². The van der Waals surface area contributed by atoms with Crippen molar-refractivity contribution in [3.63, 3.8) is 0 Å². The number of benzene rings is 1. The van der Waals surface area contributed by atoms with Gasteiger partial charge in [0.2, 0.25) is 5.91 Å². The third-order valence-electron chi connectivity index (χ3n) is 2.79. The van der Waals surface area contributed by atoms with E-state index in [9.17, 15) is 4.79 Å². The molecule has 1 aromatic rings. The van der Waals surface area contributed by atoms with Crippen LogP contribution in [0.2, 0.25) is 0 Å². The highest BCUT2D eigenvalue weighted by atomic mass is 16.2. The number of nitrogens with two attached hydrogens (primary N) is 1. The molecule has 1 aliphatic rings. The predicted octanol–water partition coefficient (Wildman–Crippen LogP) is 1.47. The van der Waals surface area contributed by atoms with E-state index in [1.54, 1.807) is 4.90 Å². The van der Waals surface area contributed by atoms with Gasteiger partial charge in [-0.3, -0.25) is 4.79 Å². The average Bonchev–Trinajstić information content (AvgIpc) is 2.39. The molecule has 0 radical (unpaired) electrons. The first kappa shape index (κ1) is 10.9.